The summed E-state index contributed by atoms with van der Waals surface area (Å²) in [5.41, 5.74) is 3.65. The zero-order valence-electron chi connectivity index (χ0n) is 19.7. The fourth-order valence-corrected chi connectivity index (χ4v) is 3.66. The second-order valence-electron chi connectivity index (χ2n) is 8.33. The van der Waals surface area contributed by atoms with Crippen molar-refractivity contribution in [2.75, 3.05) is 17.2 Å². The first-order valence-electron chi connectivity index (χ1n) is 11.3. The molecule has 0 bridgehead atoms. The monoisotopic (exact) mass is 500 g/mol. The molecule has 3 aromatic carbocycles. The molecule has 7 heteroatoms. The first kappa shape index (κ1) is 25.7. The number of amides is 1. The molecule has 0 atom stereocenters. The molecule has 0 aliphatic rings. The standard InChI is InChI=1S/C27H30Cl2N2O3/c1-4-33-26-14-19(9-11-25(26)34-17-20-8-10-23(28)24(29)13-20)16-30-21-6-5-7-22(15-21)31-27(32)12-18(2)3/h5-11,13-15,18,30H,4,12,16-17H2,1-3H3,(H,31,32). The molecule has 0 heterocycles. The Morgan fingerprint density at radius 2 is 1.65 bits per heavy atom. The van der Waals surface area contributed by atoms with E-state index in [1.54, 1.807) is 12.1 Å². The highest BCUT2D eigenvalue weighted by Gasteiger charge is 2.09. The summed E-state index contributed by atoms with van der Waals surface area (Å²) in [6, 6.07) is 19.0. The van der Waals surface area contributed by atoms with E-state index in [2.05, 4.69) is 10.6 Å². The maximum absolute atomic E-state index is 12.1. The van der Waals surface area contributed by atoms with Gasteiger partial charge in [0.05, 0.1) is 16.7 Å². The van der Waals surface area contributed by atoms with E-state index in [4.69, 9.17) is 32.7 Å². The minimum absolute atomic E-state index is 0.0185. The predicted molar refractivity (Wildman–Crippen MR) is 140 cm³/mol. The number of anilines is 2. The van der Waals surface area contributed by atoms with Crippen molar-refractivity contribution >= 4 is 40.5 Å². The van der Waals surface area contributed by atoms with E-state index in [0.29, 0.717) is 53.6 Å². The van der Waals surface area contributed by atoms with Crippen LogP contribution in [0.2, 0.25) is 10.0 Å². The van der Waals surface area contributed by atoms with Gasteiger partial charge in [0.15, 0.2) is 11.5 Å². The van der Waals surface area contributed by atoms with Gasteiger partial charge in [-0.15, -0.1) is 0 Å². The summed E-state index contributed by atoms with van der Waals surface area (Å²) in [5.74, 6) is 1.67. The highest BCUT2D eigenvalue weighted by atomic mass is 35.5. The van der Waals surface area contributed by atoms with Gasteiger partial charge in [0.2, 0.25) is 5.91 Å². The van der Waals surface area contributed by atoms with E-state index in [-0.39, 0.29) is 5.91 Å². The molecule has 0 aliphatic heterocycles. The molecule has 0 radical (unpaired) electrons. The molecule has 0 unspecified atom stereocenters. The molecule has 0 aliphatic carbocycles. The van der Waals surface area contributed by atoms with Gasteiger partial charge in [-0.05, 0) is 66.4 Å². The molecule has 0 fully saturated rings. The highest BCUT2D eigenvalue weighted by Crippen LogP contribution is 2.30. The minimum atomic E-state index is 0.0185. The second kappa shape index (κ2) is 12.5. The first-order chi connectivity index (χ1) is 16.3. The van der Waals surface area contributed by atoms with Gasteiger partial charge in [0.25, 0.3) is 0 Å². The van der Waals surface area contributed by atoms with Crippen molar-refractivity contribution < 1.29 is 14.3 Å². The Morgan fingerprint density at radius 1 is 0.882 bits per heavy atom. The zero-order chi connectivity index (χ0) is 24.5. The van der Waals surface area contributed by atoms with Gasteiger partial charge >= 0.3 is 0 Å². The fourth-order valence-electron chi connectivity index (χ4n) is 3.33. The third-order valence-electron chi connectivity index (χ3n) is 4.92. The molecule has 34 heavy (non-hydrogen) atoms. The largest absolute Gasteiger partial charge is 0.490 e. The summed E-state index contributed by atoms with van der Waals surface area (Å²) < 4.78 is 11.8. The van der Waals surface area contributed by atoms with Crippen molar-refractivity contribution in [3.05, 3.63) is 81.8 Å². The van der Waals surface area contributed by atoms with E-state index in [9.17, 15) is 4.79 Å². The molecule has 1 amide bonds. The molecule has 2 N–H and O–H groups in total. The number of benzene rings is 3. The first-order valence-corrected chi connectivity index (χ1v) is 12.1. The smallest absolute Gasteiger partial charge is 0.224 e. The highest BCUT2D eigenvalue weighted by molar-refractivity contribution is 6.42. The van der Waals surface area contributed by atoms with E-state index in [0.717, 1.165) is 22.5 Å². The molecule has 0 spiro atoms. The van der Waals surface area contributed by atoms with Gasteiger partial charge in [0.1, 0.15) is 6.61 Å². The van der Waals surface area contributed by atoms with E-state index in [1.807, 2.05) is 69.3 Å². The number of nitrogens with one attached hydrogen (secondary N) is 2. The van der Waals surface area contributed by atoms with E-state index >= 15 is 0 Å². The zero-order valence-corrected chi connectivity index (χ0v) is 21.2. The number of hydrogen-bond acceptors (Lipinski definition) is 4. The van der Waals surface area contributed by atoms with Crippen LogP contribution in [-0.2, 0) is 17.9 Å². The summed E-state index contributed by atoms with van der Waals surface area (Å²) in [6.45, 7) is 7.46. The van der Waals surface area contributed by atoms with Gasteiger partial charge in [-0.3, -0.25) is 4.79 Å². The summed E-state index contributed by atoms with van der Waals surface area (Å²) in [7, 11) is 0. The van der Waals surface area contributed by atoms with Crippen LogP contribution in [0.4, 0.5) is 11.4 Å². The van der Waals surface area contributed by atoms with Gasteiger partial charge in [0, 0.05) is 24.3 Å². The second-order valence-corrected chi connectivity index (χ2v) is 9.15. The third kappa shape index (κ3) is 7.86. The Bertz CT molecular complexity index is 1120. The minimum Gasteiger partial charge on any atom is -0.490 e. The van der Waals surface area contributed by atoms with E-state index < -0.39 is 0 Å². The topological polar surface area (TPSA) is 59.6 Å². The molecule has 0 aromatic heterocycles. The van der Waals surface area contributed by atoms with Crippen molar-refractivity contribution in [2.24, 2.45) is 5.92 Å². The Hall–Kier alpha value is -2.89. The van der Waals surface area contributed by atoms with Crippen molar-refractivity contribution in [1.82, 2.24) is 0 Å². The number of carbonyl (C=O) groups excluding carboxylic acids is 1. The van der Waals surface area contributed by atoms with Gasteiger partial charge < -0.3 is 20.1 Å². The van der Waals surface area contributed by atoms with Crippen LogP contribution in [0, 0.1) is 5.92 Å². The SMILES string of the molecule is CCOc1cc(CNc2cccc(NC(=O)CC(C)C)c2)ccc1OCc1ccc(Cl)c(Cl)c1. The number of halogens is 2. The lowest BCUT2D eigenvalue weighted by molar-refractivity contribution is -0.116. The average molecular weight is 501 g/mol. The van der Waals surface area contributed by atoms with Crippen molar-refractivity contribution in [3.63, 3.8) is 0 Å². The summed E-state index contributed by atoms with van der Waals surface area (Å²) in [6.07, 6.45) is 0.497. The maximum Gasteiger partial charge on any atom is 0.224 e. The van der Waals surface area contributed by atoms with Crippen LogP contribution in [0.15, 0.2) is 60.7 Å². The number of hydrogen-bond donors (Lipinski definition) is 2. The lowest BCUT2D eigenvalue weighted by Crippen LogP contribution is -2.13. The normalized spacial score (nSPS) is 10.8. The Morgan fingerprint density at radius 3 is 2.38 bits per heavy atom. The van der Waals surface area contributed by atoms with Gasteiger partial charge in [-0.2, -0.15) is 0 Å². The molecule has 180 valence electrons. The van der Waals surface area contributed by atoms with Gasteiger partial charge in [-0.1, -0.05) is 55.2 Å². The van der Waals surface area contributed by atoms with Gasteiger partial charge in [-0.25, -0.2) is 0 Å². The maximum atomic E-state index is 12.1. The predicted octanol–water partition coefficient (Wildman–Crippen LogP) is 7.57. The van der Waals surface area contributed by atoms with Crippen LogP contribution in [-0.4, -0.2) is 12.5 Å². The average Bonchev–Trinajstić information content (AvgIpc) is 2.79. The van der Waals surface area contributed by atoms with Crippen LogP contribution in [0.5, 0.6) is 11.5 Å². The van der Waals surface area contributed by atoms with Crippen LogP contribution in [0.1, 0.15) is 38.3 Å². The Labute approximate surface area is 211 Å². The molecular weight excluding hydrogens is 471 g/mol. The molecule has 3 rings (SSSR count). The number of ether oxygens (including phenoxy) is 2. The lowest BCUT2D eigenvalue weighted by Gasteiger charge is -2.15. The molecule has 3 aromatic rings. The van der Waals surface area contributed by atoms with Crippen molar-refractivity contribution in [2.45, 2.75) is 40.3 Å². The summed E-state index contributed by atoms with van der Waals surface area (Å²) in [4.78, 5) is 12.1. The molecular formula is C27H30Cl2N2O3. The van der Waals surface area contributed by atoms with Crippen LogP contribution in [0.25, 0.3) is 0 Å². The lowest BCUT2D eigenvalue weighted by atomic mass is 10.1. The molecule has 0 saturated heterocycles. The Balaban J connectivity index is 1.63. The summed E-state index contributed by atoms with van der Waals surface area (Å²) >= 11 is 12.1. The Kier molecular flexibility index (Phi) is 9.49. The van der Waals surface area contributed by atoms with Crippen LogP contribution < -0.4 is 20.1 Å². The number of rotatable bonds is 11. The molecule has 5 nitrogen and oxygen atoms in total. The third-order valence-corrected chi connectivity index (χ3v) is 5.66. The van der Waals surface area contributed by atoms with Crippen LogP contribution in [0.3, 0.4) is 0 Å². The molecule has 0 saturated carbocycles. The number of carbonyl (C=O) groups is 1. The quantitative estimate of drug-likeness (QED) is 0.285. The van der Waals surface area contributed by atoms with Crippen molar-refractivity contribution in [1.29, 1.82) is 0 Å². The van der Waals surface area contributed by atoms with Crippen molar-refractivity contribution in [3.8, 4) is 11.5 Å². The van der Waals surface area contributed by atoms with E-state index in [1.165, 1.54) is 0 Å². The summed E-state index contributed by atoms with van der Waals surface area (Å²) in [5, 5.41) is 7.36. The fraction of sp³-hybridized carbons (Fsp3) is 0.296. The van der Waals surface area contributed by atoms with Crippen LogP contribution >= 0.6 is 23.2 Å².